The molecule has 23 heavy (non-hydrogen) atoms. The molecule has 4 rings (SSSR count). The van der Waals surface area contributed by atoms with Crippen LogP contribution in [0.5, 0.6) is 0 Å². The van der Waals surface area contributed by atoms with Crippen LogP contribution in [0.2, 0.25) is 0 Å². The molecule has 1 aliphatic rings. The molecule has 0 fully saturated rings. The normalized spacial score (nSPS) is 13.2. The van der Waals surface area contributed by atoms with Crippen LogP contribution in [0.4, 0.5) is 0 Å². The van der Waals surface area contributed by atoms with Gasteiger partial charge in [0.25, 0.3) is 5.91 Å². The maximum Gasteiger partial charge on any atom is 0.254 e. The van der Waals surface area contributed by atoms with E-state index in [9.17, 15) is 4.79 Å². The lowest BCUT2D eigenvalue weighted by atomic mass is 10.1. The van der Waals surface area contributed by atoms with E-state index in [0.717, 1.165) is 35.4 Å². The zero-order valence-electron chi connectivity index (χ0n) is 12.3. The van der Waals surface area contributed by atoms with Gasteiger partial charge in [0.05, 0.1) is 12.1 Å². The Bertz CT molecular complexity index is 807. The number of rotatable bonds is 5. The van der Waals surface area contributed by atoms with Crippen molar-refractivity contribution in [1.82, 2.24) is 35.3 Å². The molecule has 1 aliphatic carbocycles. The fourth-order valence-corrected chi connectivity index (χ4v) is 4.15. The van der Waals surface area contributed by atoms with Gasteiger partial charge < -0.3 is 5.32 Å². The number of hydrogen-bond donors (Lipinski definition) is 1. The van der Waals surface area contributed by atoms with Crippen molar-refractivity contribution in [2.75, 3.05) is 6.54 Å². The third kappa shape index (κ3) is 2.63. The van der Waals surface area contributed by atoms with Crippen LogP contribution >= 0.6 is 11.3 Å². The van der Waals surface area contributed by atoms with E-state index in [1.54, 1.807) is 26.9 Å². The fourth-order valence-electron chi connectivity index (χ4n) is 2.84. The molecule has 9 heteroatoms. The Morgan fingerprint density at radius 3 is 3.13 bits per heavy atom. The Kier molecular flexibility index (Phi) is 3.62. The molecule has 1 N–H and O–H groups in total. The minimum Gasteiger partial charge on any atom is -0.350 e. The first-order valence-electron chi connectivity index (χ1n) is 7.46. The summed E-state index contributed by atoms with van der Waals surface area (Å²) in [5.74, 6) is -0.0675. The standard InChI is InChI=1S/C14H15N7OS/c22-13(15-6-8-20-7-2-5-17-20)12-10-3-1-4-11(10)23-14(12)21-9-16-18-19-21/h2,5,7,9H,1,3-4,6,8H2,(H,15,22). The Labute approximate surface area is 136 Å². The summed E-state index contributed by atoms with van der Waals surface area (Å²) in [6.07, 6.45) is 8.20. The average molecular weight is 329 g/mol. The Hall–Kier alpha value is -2.55. The smallest absolute Gasteiger partial charge is 0.254 e. The van der Waals surface area contributed by atoms with Crippen LogP contribution in [0, 0.1) is 0 Å². The Balaban J connectivity index is 1.56. The molecule has 0 atom stereocenters. The summed E-state index contributed by atoms with van der Waals surface area (Å²) < 4.78 is 3.37. The van der Waals surface area contributed by atoms with E-state index in [2.05, 4.69) is 25.9 Å². The molecular weight excluding hydrogens is 314 g/mol. The van der Waals surface area contributed by atoms with Crippen molar-refractivity contribution < 1.29 is 4.79 Å². The molecule has 0 bridgehead atoms. The maximum absolute atomic E-state index is 12.7. The third-order valence-electron chi connectivity index (χ3n) is 3.87. The van der Waals surface area contributed by atoms with Crippen molar-refractivity contribution in [3.8, 4) is 5.00 Å². The summed E-state index contributed by atoms with van der Waals surface area (Å²) in [5.41, 5.74) is 1.87. The highest BCUT2D eigenvalue weighted by Crippen LogP contribution is 2.37. The van der Waals surface area contributed by atoms with Crippen molar-refractivity contribution in [3.05, 3.63) is 40.8 Å². The van der Waals surface area contributed by atoms with Gasteiger partial charge in [-0.3, -0.25) is 9.48 Å². The summed E-state index contributed by atoms with van der Waals surface area (Å²) in [6.45, 7) is 1.17. The van der Waals surface area contributed by atoms with Gasteiger partial charge in [-0.15, -0.1) is 16.4 Å². The Morgan fingerprint density at radius 2 is 2.35 bits per heavy atom. The topological polar surface area (TPSA) is 90.5 Å². The average Bonchev–Trinajstić information content (AvgIpc) is 3.30. The second kappa shape index (κ2) is 5.92. The molecule has 8 nitrogen and oxygen atoms in total. The number of carbonyl (C=O) groups is 1. The number of aryl methyl sites for hydroxylation is 1. The minimum atomic E-state index is -0.0675. The number of amides is 1. The highest BCUT2D eigenvalue weighted by Gasteiger charge is 2.27. The van der Waals surface area contributed by atoms with Crippen LogP contribution < -0.4 is 5.32 Å². The van der Waals surface area contributed by atoms with Crippen LogP contribution in [0.1, 0.15) is 27.2 Å². The summed E-state index contributed by atoms with van der Waals surface area (Å²) in [7, 11) is 0. The molecule has 0 unspecified atom stereocenters. The van der Waals surface area contributed by atoms with Crippen LogP contribution in [0.25, 0.3) is 5.00 Å². The largest absolute Gasteiger partial charge is 0.350 e. The second-order valence-corrected chi connectivity index (χ2v) is 6.40. The molecule has 0 radical (unpaired) electrons. The molecule has 118 valence electrons. The van der Waals surface area contributed by atoms with Crippen LogP contribution in [0.15, 0.2) is 24.8 Å². The van der Waals surface area contributed by atoms with Crippen molar-refractivity contribution in [2.45, 2.75) is 25.8 Å². The second-order valence-electron chi connectivity index (χ2n) is 5.32. The van der Waals surface area contributed by atoms with Crippen molar-refractivity contribution in [3.63, 3.8) is 0 Å². The van der Waals surface area contributed by atoms with E-state index >= 15 is 0 Å². The van der Waals surface area contributed by atoms with Gasteiger partial charge in [0.1, 0.15) is 11.3 Å². The first kappa shape index (κ1) is 14.1. The van der Waals surface area contributed by atoms with Crippen LogP contribution in [0.3, 0.4) is 0 Å². The molecule has 3 heterocycles. The van der Waals surface area contributed by atoms with Gasteiger partial charge in [-0.1, -0.05) is 0 Å². The van der Waals surface area contributed by atoms with Crippen LogP contribution in [-0.4, -0.2) is 42.4 Å². The number of tetrazole rings is 1. The zero-order chi connectivity index (χ0) is 15.6. The molecule has 0 saturated carbocycles. The number of nitrogens with one attached hydrogen (secondary N) is 1. The summed E-state index contributed by atoms with van der Waals surface area (Å²) in [4.78, 5) is 14.0. The van der Waals surface area contributed by atoms with Gasteiger partial charge in [-0.2, -0.15) is 9.78 Å². The lowest BCUT2D eigenvalue weighted by molar-refractivity contribution is 0.0951. The molecule has 0 aromatic carbocycles. The summed E-state index contributed by atoms with van der Waals surface area (Å²) in [6, 6.07) is 1.86. The molecule has 0 spiro atoms. The van der Waals surface area contributed by atoms with Gasteiger partial charge in [-0.25, -0.2) is 0 Å². The van der Waals surface area contributed by atoms with Gasteiger partial charge in [0.15, 0.2) is 0 Å². The Morgan fingerprint density at radius 1 is 1.39 bits per heavy atom. The summed E-state index contributed by atoms with van der Waals surface area (Å²) in [5, 5.41) is 19.2. The van der Waals surface area contributed by atoms with E-state index in [0.29, 0.717) is 13.1 Å². The first-order valence-corrected chi connectivity index (χ1v) is 8.28. The first-order chi connectivity index (χ1) is 11.3. The SMILES string of the molecule is O=C(NCCn1cccn1)c1c(-n2cnnn2)sc2c1CCC2. The van der Waals surface area contributed by atoms with Gasteiger partial charge in [0.2, 0.25) is 0 Å². The molecular formula is C14H15N7OS. The molecule has 3 aromatic heterocycles. The van der Waals surface area contributed by atoms with Crippen LogP contribution in [-0.2, 0) is 19.4 Å². The van der Waals surface area contributed by atoms with E-state index < -0.39 is 0 Å². The lowest BCUT2D eigenvalue weighted by Gasteiger charge is -2.08. The fraction of sp³-hybridized carbons (Fsp3) is 0.357. The van der Waals surface area contributed by atoms with Crippen molar-refractivity contribution >= 4 is 17.2 Å². The minimum absolute atomic E-state index is 0.0675. The quantitative estimate of drug-likeness (QED) is 0.749. The van der Waals surface area contributed by atoms with E-state index in [1.165, 1.54) is 11.2 Å². The highest BCUT2D eigenvalue weighted by molar-refractivity contribution is 7.15. The number of fused-ring (bicyclic) bond motifs is 1. The molecule has 1 amide bonds. The van der Waals surface area contributed by atoms with Crippen molar-refractivity contribution in [2.24, 2.45) is 0 Å². The number of carbonyl (C=O) groups excluding carboxylic acids is 1. The van der Waals surface area contributed by atoms with E-state index in [1.807, 2.05) is 12.3 Å². The van der Waals surface area contributed by atoms with Gasteiger partial charge in [0, 0.05) is 23.8 Å². The molecule has 0 saturated heterocycles. The molecule has 0 aliphatic heterocycles. The zero-order valence-corrected chi connectivity index (χ0v) is 13.2. The van der Waals surface area contributed by atoms with Gasteiger partial charge >= 0.3 is 0 Å². The number of thiophene rings is 1. The predicted octanol–water partition coefficient (Wildman–Crippen LogP) is 0.839. The molecule has 3 aromatic rings. The monoisotopic (exact) mass is 329 g/mol. The highest BCUT2D eigenvalue weighted by atomic mass is 32.1. The summed E-state index contributed by atoms with van der Waals surface area (Å²) >= 11 is 1.61. The number of hydrogen-bond acceptors (Lipinski definition) is 6. The van der Waals surface area contributed by atoms with Gasteiger partial charge in [-0.05, 0) is 41.3 Å². The van der Waals surface area contributed by atoms with Crippen molar-refractivity contribution in [1.29, 1.82) is 0 Å². The van der Waals surface area contributed by atoms with E-state index in [-0.39, 0.29) is 5.91 Å². The lowest BCUT2D eigenvalue weighted by Crippen LogP contribution is -2.28. The number of aromatic nitrogens is 6. The third-order valence-corrected chi connectivity index (χ3v) is 5.15. The number of nitrogens with zero attached hydrogens (tertiary/aromatic N) is 6. The predicted molar refractivity (Wildman–Crippen MR) is 83.6 cm³/mol. The maximum atomic E-state index is 12.7. The van der Waals surface area contributed by atoms with E-state index in [4.69, 9.17) is 0 Å².